The lowest BCUT2D eigenvalue weighted by Crippen LogP contribution is -2.39. The largest absolute Gasteiger partial charge is 0.368 e. The van der Waals surface area contributed by atoms with Crippen molar-refractivity contribution in [1.82, 2.24) is 9.97 Å². The average Bonchev–Trinajstić information content (AvgIpc) is 3.07. The van der Waals surface area contributed by atoms with Crippen molar-refractivity contribution in [3.05, 3.63) is 71.3 Å². The molecule has 1 fully saturated rings. The maximum absolute atomic E-state index is 13.4. The Labute approximate surface area is 183 Å². The minimum atomic E-state index is -0.298. The van der Waals surface area contributed by atoms with Gasteiger partial charge in [0.1, 0.15) is 0 Å². The summed E-state index contributed by atoms with van der Waals surface area (Å²) in [6.07, 6.45) is 6.07. The molecule has 3 aromatic rings. The molecule has 1 amide bonds. The Balaban J connectivity index is 1.83. The number of nitrogens with zero attached hydrogens (tertiary/aromatic N) is 3. The van der Waals surface area contributed by atoms with Crippen LogP contribution in [0.4, 0.5) is 11.4 Å². The van der Waals surface area contributed by atoms with Crippen LogP contribution in [-0.4, -0.2) is 34.5 Å². The maximum atomic E-state index is 13.4. The fraction of sp³-hybridized carbons (Fsp3) is 0.320. The van der Waals surface area contributed by atoms with E-state index in [1.807, 2.05) is 45.0 Å². The number of benzene rings is 1. The van der Waals surface area contributed by atoms with E-state index in [2.05, 4.69) is 33.2 Å². The smallest absolute Gasteiger partial charge is 0.259 e. The molecule has 0 bridgehead atoms. The predicted molar refractivity (Wildman–Crippen MR) is 125 cm³/mol. The Bertz CT molecular complexity index is 1100. The SMILES string of the molecule is Cc1cc(C)cc(NC(=O)c2cnc(C)c(-c3ccncc3)c2N2CC[C@](C)(N)C2)c1. The van der Waals surface area contributed by atoms with Crippen molar-refractivity contribution >= 4 is 17.3 Å². The van der Waals surface area contributed by atoms with Gasteiger partial charge in [-0.05, 0) is 75.1 Å². The summed E-state index contributed by atoms with van der Waals surface area (Å²) in [5.41, 5.74) is 13.4. The Morgan fingerprint density at radius 2 is 1.81 bits per heavy atom. The zero-order chi connectivity index (χ0) is 22.2. The molecule has 0 unspecified atom stereocenters. The van der Waals surface area contributed by atoms with E-state index in [0.29, 0.717) is 12.1 Å². The molecule has 0 spiro atoms. The summed E-state index contributed by atoms with van der Waals surface area (Å²) in [5, 5.41) is 3.07. The van der Waals surface area contributed by atoms with Gasteiger partial charge in [0.2, 0.25) is 0 Å². The van der Waals surface area contributed by atoms with Gasteiger partial charge in [0.25, 0.3) is 5.91 Å². The van der Waals surface area contributed by atoms with Gasteiger partial charge in [-0.2, -0.15) is 0 Å². The summed E-state index contributed by atoms with van der Waals surface area (Å²) in [6.45, 7) is 9.55. The van der Waals surface area contributed by atoms with Gasteiger partial charge < -0.3 is 16.0 Å². The van der Waals surface area contributed by atoms with Crippen LogP contribution < -0.4 is 16.0 Å². The molecule has 1 saturated heterocycles. The number of aromatic nitrogens is 2. The highest BCUT2D eigenvalue weighted by atomic mass is 16.1. The van der Waals surface area contributed by atoms with Crippen molar-refractivity contribution in [3.8, 4) is 11.1 Å². The highest BCUT2D eigenvalue weighted by Gasteiger charge is 2.34. The fourth-order valence-corrected chi connectivity index (χ4v) is 4.37. The normalized spacial score (nSPS) is 18.3. The van der Waals surface area contributed by atoms with E-state index < -0.39 is 0 Å². The zero-order valence-electron chi connectivity index (χ0n) is 18.6. The first-order chi connectivity index (χ1) is 14.7. The number of hydrogen-bond acceptors (Lipinski definition) is 5. The summed E-state index contributed by atoms with van der Waals surface area (Å²) >= 11 is 0. The molecule has 160 valence electrons. The van der Waals surface area contributed by atoms with Crippen LogP contribution in [0.25, 0.3) is 11.1 Å². The molecule has 1 aliphatic heterocycles. The lowest BCUT2D eigenvalue weighted by Gasteiger charge is -2.27. The number of hydrogen-bond donors (Lipinski definition) is 2. The lowest BCUT2D eigenvalue weighted by atomic mass is 9.98. The number of carbonyl (C=O) groups is 1. The van der Waals surface area contributed by atoms with E-state index in [1.54, 1.807) is 18.6 Å². The lowest BCUT2D eigenvalue weighted by molar-refractivity contribution is 0.102. The van der Waals surface area contributed by atoms with Crippen LogP contribution in [0.15, 0.2) is 48.9 Å². The van der Waals surface area contributed by atoms with Gasteiger partial charge >= 0.3 is 0 Å². The molecule has 3 N–H and O–H groups in total. The number of nitrogens with two attached hydrogens (primary N) is 1. The van der Waals surface area contributed by atoms with Gasteiger partial charge in [-0.15, -0.1) is 0 Å². The van der Waals surface area contributed by atoms with Crippen LogP contribution in [0.2, 0.25) is 0 Å². The summed E-state index contributed by atoms with van der Waals surface area (Å²) in [6, 6.07) is 9.95. The van der Waals surface area contributed by atoms with Crippen molar-refractivity contribution in [2.24, 2.45) is 5.73 Å². The molecular formula is C25H29N5O. The average molecular weight is 416 g/mol. The standard InChI is InChI=1S/C25H29N5O/c1-16-11-17(2)13-20(12-16)29-24(31)21-14-28-18(3)22(19-5-8-27-9-6-19)23(21)30-10-7-25(4,26)15-30/h5-6,8-9,11-14H,7,10,15,26H2,1-4H3,(H,29,31)/t25-/m0/s1. The molecule has 6 heteroatoms. The number of pyridine rings is 2. The number of aryl methyl sites for hydroxylation is 3. The maximum Gasteiger partial charge on any atom is 0.259 e. The molecule has 2 aromatic heterocycles. The monoisotopic (exact) mass is 415 g/mol. The zero-order valence-corrected chi connectivity index (χ0v) is 18.6. The van der Waals surface area contributed by atoms with Crippen LogP contribution in [0.5, 0.6) is 0 Å². The first kappa shape index (κ1) is 21.0. The third kappa shape index (κ3) is 4.44. The molecule has 0 saturated carbocycles. The number of amides is 1. The van der Waals surface area contributed by atoms with E-state index >= 15 is 0 Å². The quantitative estimate of drug-likeness (QED) is 0.666. The molecule has 4 rings (SSSR count). The topological polar surface area (TPSA) is 84.1 Å². The second-order valence-corrected chi connectivity index (χ2v) is 8.87. The van der Waals surface area contributed by atoms with E-state index in [4.69, 9.17) is 5.73 Å². The Kier molecular flexibility index (Phi) is 5.50. The predicted octanol–water partition coefficient (Wildman–Crippen LogP) is 4.25. The molecule has 1 atom stereocenters. The van der Waals surface area contributed by atoms with E-state index in [9.17, 15) is 4.79 Å². The molecule has 6 nitrogen and oxygen atoms in total. The highest BCUT2D eigenvalue weighted by Crippen LogP contribution is 2.39. The minimum absolute atomic E-state index is 0.173. The van der Waals surface area contributed by atoms with Gasteiger partial charge in [-0.25, -0.2) is 0 Å². The van der Waals surface area contributed by atoms with Crippen LogP contribution >= 0.6 is 0 Å². The van der Waals surface area contributed by atoms with Crippen molar-refractivity contribution < 1.29 is 4.79 Å². The minimum Gasteiger partial charge on any atom is -0.368 e. The van der Waals surface area contributed by atoms with Gasteiger partial charge in [-0.3, -0.25) is 14.8 Å². The van der Waals surface area contributed by atoms with Crippen molar-refractivity contribution in [1.29, 1.82) is 0 Å². The van der Waals surface area contributed by atoms with Crippen LogP contribution in [0.1, 0.15) is 40.5 Å². The van der Waals surface area contributed by atoms with Gasteiger partial charge in [0, 0.05) is 54.2 Å². The Morgan fingerprint density at radius 1 is 1.13 bits per heavy atom. The van der Waals surface area contributed by atoms with Crippen LogP contribution in [0, 0.1) is 20.8 Å². The number of rotatable bonds is 4. The summed E-state index contributed by atoms with van der Waals surface area (Å²) < 4.78 is 0. The van der Waals surface area contributed by atoms with Crippen molar-refractivity contribution in [2.45, 2.75) is 39.7 Å². The fourth-order valence-electron chi connectivity index (χ4n) is 4.37. The first-order valence-corrected chi connectivity index (χ1v) is 10.6. The number of anilines is 2. The molecular weight excluding hydrogens is 386 g/mol. The second kappa shape index (κ2) is 8.12. The van der Waals surface area contributed by atoms with Crippen molar-refractivity contribution in [2.75, 3.05) is 23.3 Å². The summed E-state index contributed by atoms with van der Waals surface area (Å²) in [5.74, 6) is -0.173. The third-order valence-electron chi connectivity index (χ3n) is 5.76. The molecule has 1 aliphatic rings. The van der Waals surface area contributed by atoms with E-state index in [1.165, 1.54) is 0 Å². The third-order valence-corrected chi connectivity index (χ3v) is 5.76. The van der Waals surface area contributed by atoms with Gasteiger partial charge in [-0.1, -0.05) is 6.07 Å². The molecule has 1 aromatic carbocycles. The van der Waals surface area contributed by atoms with E-state index in [-0.39, 0.29) is 11.4 Å². The highest BCUT2D eigenvalue weighted by molar-refractivity contribution is 6.10. The molecule has 0 aliphatic carbocycles. The van der Waals surface area contributed by atoms with Gasteiger partial charge in [0.05, 0.1) is 11.3 Å². The molecule has 3 heterocycles. The Hall–Kier alpha value is -3.25. The molecule has 31 heavy (non-hydrogen) atoms. The van der Waals surface area contributed by atoms with Crippen LogP contribution in [-0.2, 0) is 0 Å². The summed E-state index contributed by atoms with van der Waals surface area (Å²) in [7, 11) is 0. The number of nitrogens with one attached hydrogen (secondary N) is 1. The first-order valence-electron chi connectivity index (χ1n) is 10.6. The van der Waals surface area contributed by atoms with Crippen molar-refractivity contribution in [3.63, 3.8) is 0 Å². The van der Waals surface area contributed by atoms with Crippen LogP contribution in [0.3, 0.4) is 0 Å². The molecule has 0 radical (unpaired) electrons. The van der Waals surface area contributed by atoms with Gasteiger partial charge in [0.15, 0.2) is 0 Å². The summed E-state index contributed by atoms with van der Waals surface area (Å²) in [4.78, 5) is 24.4. The second-order valence-electron chi connectivity index (χ2n) is 8.87. The van der Waals surface area contributed by atoms with E-state index in [0.717, 1.165) is 52.3 Å². The number of carbonyl (C=O) groups excluding carboxylic acids is 1. The Morgan fingerprint density at radius 3 is 2.42 bits per heavy atom.